The number of aromatic nitrogens is 5. The smallest absolute Gasteiger partial charge is 0.253 e. The van der Waals surface area contributed by atoms with Gasteiger partial charge in [-0.1, -0.05) is 84.9 Å². The highest BCUT2D eigenvalue weighted by Gasteiger charge is 2.31. The second-order valence-corrected chi connectivity index (χ2v) is 10.7. The fourth-order valence-corrected chi connectivity index (χ4v) is 5.77. The van der Waals surface area contributed by atoms with Crippen molar-refractivity contribution in [1.82, 2.24) is 30.1 Å². The molecule has 3 aromatic carbocycles. The van der Waals surface area contributed by atoms with Gasteiger partial charge in [0.1, 0.15) is 6.04 Å². The van der Waals surface area contributed by atoms with Gasteiger partial charge < -0.3 is 4.98 Å². The minimum absolute atomic E-state index is 0.139. The molecule has 0 bridgehead atoms. The first-order valence-electron chi connectivity index (χ1n) is 12.9. The number of aromatic amines is 1. The Kier molecular flexibility index (Phi) is 7.12. The van der Waals surface area contributed by atoms with Gasteiger partial charge in [-0.15, -0.1) is 16.4 Å². The molecule has 7 nitrogen and oxygen atoms in total. The number of tetrazole rings is 1. The van der Waals surface area contributed by atoms with Crippen molar-refractivity contribution in [3.05, 3.63) is 146 Å². The van der Waals surface area contributed by atoms with Gasteiger partial charge in [-0.25, -0.2) is 4.68 Å². The number of pyridine rings is 1. The molecule has 194 valence electrons. The van der Waals surface area contributed by atoms with E-state index in [0.29, 0.717) is 31.0 Å². The number of nitrogens with zero attached hydrogens (tertiary/aromatic N) is 5. The van der Waals surface area contributed by atoms with Crippen LogP contribution >= 0.6 is 11.3 Å². The first-order valence-corrected chi connectivity index (χ1v) is 13.8. The summed E-state index contributed by atoms with van der Waals surface area (Å²) in [5, 5.41) is 16.0. The van der Waals surface area contributed by atoms with Crippen LogP contribution in [0.3, 0.4) is 0 Å². The normalized spacial score (nSPS) is 12.3. The molecule has 0 aliphatic carbocycles. The van der Waals surface area contributed by atoms with Gasteiger partial charge in [0.25, 0.3) is 5.56 Å². The fourth-order valence-electron chi connectivity index (χ4n) is 5.04. The lowest BCUT2D eigenvalue weighted by molar-refractivity contribution is 0.196. The molecule has 6 aromatic rings. The number of thiophene rings is 1. The summed E-state index contributed by atoms with van der Waals surface area (Å²) in [6.45, 7) is 3.77. The van der Waals surface area contributed by atoms with E-state index in [1.54, 1.807) is 11.3 Å². The molecular formula is C31H28N6OS. The average molecular weight is 533 g/mol. The van der Waals surface area contributed by atoms with Crippen LogP contribution in [0.2, 0.25) is 0 Å². The standard InChI is InChI=1S/C31H28N6OS/c1-22-10-8-15-25-18-27(31(38)32-28(22)25)29(30-33-34-35-37(30)20-24-13-6-3-7-14-24)36(21-26-16-9-17-39-26)19-23-11-4-2-5-12-23/h2-18,29H,19-21H2,1H3,(H,32,38)/t29-/m0/s1. The number of para-hydroxylation sites is 1. The molecular weight excluding hydrogens is 504 g/mol. The monoisotopic (exact) mass is 532 g/mol. The molecule has 0 spiro atoms. The maximum Gasteiger partial charge on any atom is 0.253 e. The van der Waals surface area contributed by atoms with Gasteiger partial charge in [0.05, 0.1) is 12.1 Å². The van der Waals surface area contributed by atoms with Crippen LogP contribution < -0.4 is 5.56 Å². The lowest BCUT2D eigenvalue weighted by atomic mass is 10.0. The summed E-state index contributed by atoms with van der Waals surface area (Å²) in [6, 6.07) is 32.2. The predicted molar refractivity (Wildman–Crippen MR) is 155 cm³/mol. The lowest BCUT2D eigenvalue weighted by Gasteiger charge is -2.31. The van der Waals surface area contributed by atoms with Crippen molar-refractivity contribution >= 4 is 22.2 Å². The molecule has 6 rings (SSSR count). The van der Waals surface area contributed by atoms with Gasteiger partial charge in [-0.2, -0.15) is 0 Å². The zero-order valence-electron chi connectivity index (χ0n) is 21.6. The van der Waals surface area contributed by atoms with Crippen LogP contribution in [0.1, 0.15) is 39.0 Å². The summed E-state index contributed by atoms with van der Waals surface area (Å²) in [5.41, 5.74) is 4.59. The van der Waals surface area contributed by atoms with E-state index in [1.165, 1.54) is 4.88 Å². The molecule has 0 aliphatic rings. The summed E-state index contributed by atoms with van der Waals surface area (Å²) < 4.78 is 1.81. The Morgan fingerprint density at radius 2 is 1.67 bits per heavy atom. The van der Waals surface area contributed by atoms with Crippen LogP contribution in [0.5, 0.6) is 0 Å². The molecule has 0 amide bonds. The van der Waals surface area contributed by atoms with Crippen molar-refractivity contribution in [2.45, 2.75) is 32.6 Å². The first-order chi connectivity index (χ1) is 19.2. The number of H-pyrrole nitrogens is 1. The summed E-state index contributed by atoms with van der Waals surface area (Å²) >= 11 is 1.70. The number of nitrogens with one attached hydrogen (secondary N) is 1. The van der Waals surface area contributed by atoms with Crippen molar-refractivity contribution in [1.29, 1.82) is 0 Å². The van der Waals surface area contributed by atoms with Gasteiger partial charge in [0.2, 0.25) is 0 Å². The van der Waals surface area contributed by atoms with Crippen molar-refractivity contribution in [3.8, 4) is 0 Å². The van der Waals surface area contributed by atoms with E-state index >= 15 is 0 Å². The number of aryl methyl sites for hydroxylation is 1. The van der Waals surface area contributed by atoms with E-state index in [1.807, 2.05) is 72.3 Å². The molecule has 0 saturated heterocycles. The number of rotatable bonds is 9. The SMILES string of the molecule is Cc1cccc2cc([C@@H](c3nnnn3Cc3ccccc3)N(Cc3ccccc3)Cc3cccs3)c(=O)[nH]c12. The maximum absolute atomic E-state index is 13.8. The van der Waals surface area contributed by atoms with Crippen molar-refractivity contribution in [2.75, 3.05) is 0 Å². The number of hydrogen-bond donors (Lipinski definition) is 1. The zero-order chi connectivity index (χ0) is 26.6. The number of benzene rings is 3. The number of hydrogen-bond acceptors (Lipinski definition) is 6. The van der Waals surface area contributed by atoms with E-state index in [4.69, 9.17) is 0 Å². The Morgan fingerprint density at radius 3 is 2.41 bits per heavy atom. The molecule has 0 aliphatic heterocycles. The van der Waals surface area contributed by atoms with Gasteiger partial charge in [0.15, 0.2) is 5.82 Å². The molecule has 39 heavy (non-hydrogen) atoms. The van der Waals surface area contributed by atoms with Crippen molar-refractivity contribution in [3.63, 3.8) is 0 Å². The Morgan fingerprint density at radius 1 is 0.897 bits per heavy atom. The Labute approximate surface area is 230 Å². The average Bonchev–Trinajstić information content (AvgIpc) is 3.63. The summed E-state index contributed by atoms with van der Waals surface area (Å²) in [7, 11) is 0. The van der Waals surface area contributed by atoms with E-state index in [0.717, 1.165) is 27.6 Å². The van der Waals surface area contributed by atoms with Crippen LogP contribution in [-0.4, -0.2) is 30.1 Å². The van der Waals surface area contributed by atoms with Gasteiger partial charge in [0, 0.05) is 23.5 Å². The molecule has 3 aromatic heterocycles. The first kappa shape index (κ1) is 24.9. The van der Waals surface area contributed by atoms with Gasteiger partial charge >= 0.3 is 0 Å². The summed E-state index contributed by atoms with van der Waals surface area (Å²) in [6.07, 6.45) is 0. The minimum Gasteiger partial charge on any atom is -0.321 e. The van der Waals surface area contributed by atoms with Crippen molar-refractivity contribution < 1.29 is 0 Å². The topological polar surface area (TPSA) is 79.7 Å². The van der Waals surface area contributed by atoms with Crippen LogP contribution in [0.4, 0.5) is 0 Å². The second kappa shape index (κ2) is 11.1. The van der Waals surface area contributed by atoms with Crippen LogP contribution in [-0.2, 0) is 19.6 Å². The third kappa shape index (κ3) is 5.43. The van der Waals surface area contributed by atoms with Crippen LogP contribution in [0, 0.1) is 6.92 Å². The minimum atomic E-state index is -0.486. The molecule has 1 atom stereocenters. The molecule has 0 saturated carbocycles. The third-order valence-electron chi connectivity index (χ3n) is 6.92. The molecule has 8 heteroatoms. The highest BCUT2D eigenvalue weighted by Crippen LogP contribution is 2.31. The van der Waals surface area contributed by atoms with E-state index in [9.17, 15) is 4.79 Å². The fraction of sp³-hybridized carbons (Fsp3) is 0.161. The molecule has 0 unspecified atom stereocenters. The predicted octanol–water partition coefficient (Wildman–Crippen LogP) is 5.72. The van der Waals surface area contributed by atoms with Crippen LogP contribution in [0.15, 0.2) is 107 Å². The van der Waals surface area contributed by atoms with E-state index < -0.39 is 6.04 Å². The lowest BCUT2D eigenvalue weighted by Crippen LogP contribution is -2.34. The quantitative estimate of drug-likeness (QED) is 0.257. The van der Waals surface area contributed by atoms with Gasteiger partial charge in [-0.3, -0.25) is 9.69 Å². The van der Waals surface area contributed by atoms with Crippen molar-refractivity contribution in [2.24, 2.45) is 0 Å². The Bertz CT molecular complexity index is 1730. The Hall–Kier alpha value is -4.40. The number of fused-ring (bicyclic) bond motifs is 1. The summed E-state index contributed by atoms with van der Waals surface area (Å²) in [4.78, 5) is 20.4. The largest absolute Gasteiger partial charge is 0.321 e. The molecule has 3 heterocycles. The molecule has 1 N–H and O–H groups in total. The van der Waals surface area contributed by atoms with Gasteiger partial charge in [-0.05, 0) is 56.9 Å². The highest BCUT2D eigenvalue weighted by atomic mass is 32.1. The van der Waals surface area contributed by atoms with E-state index in [2.05, 4.69) is 67.2 Å². The third-order valence-corrected chi connectivity index (χ3v) is 7.78. The molecule has 0 fully saturated rings. The second-order valence-electron chi connectivity index (χ2n) is 9.65. The van der Waals surface area contributed by atoms with E-state index in [-0.39, 0.29) is 5.56 Å². The maximum atomic E-state index is 13.8. The Balaban J connectivity index is 1.53. The highest BCUT2D eigenvalue weighted by molar-refractivity contribution is 7.09. The van der Waals surface area contributed by atoms with Crippen LogP contribution in [0.25, 0.3) is 10.9 Å². The zero-order valence-corrected chi connectivity index (χ0v) is 22.4. The molecule has 0 radical (unpaired) electrons. The summed E-state index contributed by atoms with van der Waals surface area (Å²) in [5.74, 6) is 0.629.